The number of carbonyl (C=O) groups excluding carboxylic acids is 2. The molecule has 9 heteroatoms. The van der Waals surface area contributed by atoms with Gasteiger partial charge in [-0.15, -0.1) is 36.6 Å². The molecule has 3 atom stereocenters. The Kier molecular flexibility index (Phi) is 6.09. The maximum atomic E-state index is 11.7. The van der Waals surface area contributed by atoms with E-state index in [1.54, 1.807) is 9.47 Å². The van der Waals surface area contributed by atoms with Gasteiger partial charge in [-0.2, -0.15) is 0 Å². The van der Waals surface area contributed by atoms with Gasteiger partial charge < -0.3 is 20.5 Å². The van der Waals surface area contributed by atoms with Crippen molar-refractivity contribution >= 4 is 48.5 Å². The fraction of sp³-hybridized carbons (Fsp3) is 0.462. The third-order valence-electron chi connectivity index (χ3n) is 3.88. The molecule has 1 aromatic rings. The van der Waals surface area contributed by atoms with Gasteiger partial charge in [0.15, 0.2) is 18.9 Å². The molecule has 2 saturated heterocycles. The fourth-order valence-electron chi connectivity index (χ4n) is 2.70. The van der Waals surface area contributed by atoms with Crippen LogP contribution in [0.4, 0.5) is 0 Å². The first-order chi connectivity index (χ1) is 9.53. The van der Waals surface area contributed by atoms with Gasteiger partial charge in [-0.1, -0.05) is 6.07 Å². The van der Waals surface area contributed by atoms with Crippen molar-refractivity contribution in [3.8, 4) is 0 Å². The van der Waals surface area contributed by atoms with E-state index in [-0.39, 0.29) is 49.2 Å². The first kappa shape index (κ1) is 19.0. The molecule has 0 aromatic carbocycles. The van der Waals surface area contributed by atoms with E-state index in [9.17, 15) is 14.7 Å². The number of β-lactam (4-membered cyclic amide) rings is 1. The highest BCUT2D eigenvalue weighted by Gasteiger charge is 2.54. The van der Waals surface area contributed by atoms with Gasteiger partial charge in [0, 0.05) is 24.4 Å². The first-order valence-corrected chi connectivity index (χ1v) is 7.42. The first-order valence-electron chi connectivity index (χ1n) is 6.37. The molecule has 22 heavy (non-hydrogen) atoms. The molecule has 3 heterocycles. The number of halogens is 2. The molecule has 0 bridgehead atoms. The van der Waals surface area contributed by atoms with Crippen LogP contribution in [0, 0.1) is 5.41 Å². The van der Waals surface area contributed by atoms with Crippen molar-refractivity contribution in [1.82, 2.24) is 4.90 Å². The Bertz CT molecular complexity index is 563. The monoisotopic (exact) mass is 365 g/mol. The predicted octanol–water partition coefficient (Wildman–Crippen LogP) is -1.20. The van der Waals surface area contributed by atoms with Crippen molar-refractivity contribution in [2.75, 3.05) is 12.3 Å². The minimum atomic E-state index is -1.12. The lowest BCUT2D eigenvalue weighted by atomic mass is 9.87. The number of pyridine rings is 1. The van der Waals surface area contributed by atoms with Crippen molar-refractivity contribution in [1.29, 1.82) is 0 Å². The summed E-state index contributed by atoms with van der Waals surface area (Å²) < 4.78 is 1.81. The topological polar surface area (TPSA) is 90.3 Å². The summed E-state index contributed by atoms with van der Waals surface area (Å²) in [5, 5.41) is 11.6. The van der Waals surface area contributed by atoms with Crippen LogP contribution < -0.4 is 15.4 Å². The van der Waals surface area contributed by atoms with E-state index in [1.165, 1.54) is 11.8 Å². The van der Waals surface area contributed by atoms with E-state index < -0.39 is 17.4 Å². The Balaban J connectivity index is 0.00000121. The van der Waals surface area contributed by atoms with Crippen molar-refractivity contribution in [2.45, 2.75) is 18.0 Å². The minimum Gasteiger partial charge on any atom is -0.549 e. The van der Waals surface area contributed by atoms with E-state index in [0.717, 1.165) is 0 Å². The largest absolute Gasteiger partial charge is 0.549 e. The zero-order valence-corrected chi connectivity index (χ0v) is 14.0. The number of nitrogens with two attached hydrogens (primary N) is 1. The molecule has 0 spiro atoms. The van der Waals surface area contributed by atoms with Crippen molar-refractivity contribution in [2.24, 2.45) is 11.1 Å². The number of aliphatic carboxylic acids is 1. The van der Waals surface area contributed by atoms with Gasteiger partial charge in [-0.25, -0.2) is 4.57 Å². The summed E-state index contributed by atoms with van der Waals surface area (Å²) in [5.41, 5.74) is 4.65. The van der Waals surface area contributed by atoms with E-state index in [2.05, 4.69) is 0 Å². The van der Waals surface area contributed by atoms with Crippen LogP contribution in [0.5, 0.6) is 0 Å². The van der Waals surface area contributed by atoms with Crippen LogP contribution in [0.25, 0.3) is 0 Å². The van der Waals surface area contributed by atoms with Gasteiger partial charge in [0.2, 0.25) is 5.91 Å². The van der Waals surface area contributed by atoms with Crippen LogP contribution >= 0.6 is 36.6 Å². The molecule has 1 amide bonds. The maximum Gasteiger partial charge on any atom is 0.243 e. The highest BCUT2D eigenvalue weighted by molar-refractivity contribution is 8.00. The van der Waals surface area contributed by atoms with Crippen LogP contribution in [-0.2, 0) is 16.1 Å². The quantitative estimate of drug-likeness (QED) is 0.536. The molecule has 6 nitrogen and oxygen atoms in total. The second-order valence-electron chi connectivity index (χ2n) is 5.31. The average Bonchev–Trinajstić information content (AvgIpc) is 2.47. The van der Waals surface area contributed by atoms with Gasteiger partial charge >= 0.3 is 0 Å². The summed E-state index contributed by atoms with van der Waals surface area (Å²) in [4.78, 5) is 24.9. The summed E-state index contributed by atoms with van der Waals surface area (Å²) in [6.45, 7) is 0.455. The zero-order chi connectivity index (χ0) is 14.3. The molecular weight excluding hydrogens is 349 g/mol. The Morgan fingerprint density at radius 2 is 2.05 bits per heavy atom. The molecular formula is C13H17Cl2N3O3S. The molecule has 1 aromatic heterocycles. The van der Waals surface area contributed by atoms with E-state index in [1.807, 2.05) is 30.6 Å². The van der Waals surface area contributed by atoms with Gasteiger partial charge in [-0.05, 0) is 0 Å². The number of thioether (sulfide) groups is 1. The highest BCUT2D eigenvalue weighted by atomic mass is 35.5. The van der Waals surface area contributed by atoms with Crippen LogP contribution in [0.1, 0.15) is 0 Å². The number of hydrogen-bond acceptors (Lipinski definition) is 5. The number of rotatable bonds is 3. The third kappa shape index (κ3) is 3.03. The molecule has 2 fully saturated rings. The van der Waals surface area contributed by atoms with Crippen LogP contribution in [0.15, 0.2) is 30.6 Å². The molecule has 2 unspecified atom stereocenters. The molecule has 0 radical (unpaired) electrons. The average molecular weight is 366 g/mol. The second-order valence-corrected chi connectivity index (χ2v) is 6.41. The van der Waals surface area contributed by atoms with Gasteiger partial charge in [0.05, 0.1) is 11.4 Å². The van der Waals surface area contributed by atoms with Crippen LogP contribution in [-0.4, -0.2) is 40.5 Å². The van der Waals surface area contributed by atoms with Gasteiger partial charge in [0.25, 0.3) is 0 Å². The zero-order valence-electron chi connectivity index (χ0n) is 11.6. The number of carboxylic acids is 1. The summed E-state index contributed by atoms with van der Waals surface area (Å²) in [7, 11) is 0. The number of amides is 1. The molecule has 2 N–H and O–H groups in total. The van der Waals surface area contributed by atoms with E-state index >= 15 is 0 Å². The second kappa shape index (κ2) is 7.04. The smallest absolute Gasteiger partial charge is 0.243 e. The standard InChI is InChI=1S/C13H15N3O3S.2ClH/c14-9-10(17)16-7-13(12(18)19,8-20-11(9)16)6-15-4-2-1-3-5-15;;/h1-5,9,11H,6-8,14H2;2*1H/t9?,11-,13?;;/m1../s1. The lowest BCUT2D eigenvalue weighted by Crippen LogP contribution is -2.74. The number of carbonyl (C=O) groups is 2. The van der Waals surface area contributed by atoms with Crippen LogP contribution in [0.3, 0.4) is 0 Å². The Labute approximate surface area is 144 Å². The Hall–Kier alpha value is -1.02. The van der Waals surface area contributed by atoms with Crippen molar-refractivity contribution in [3.05, 3.63) is 30.6 Å². The van der Waals surface area contributed by atoms with Crippen molar-refractivity contribution < 1.29 is 19.3 Å². The fourth-order valence-corrected chi connectivity index (χ4v) is 4.17. The highest BCUT2D eigenvalue weighted by Crippen LogP contribution is 2.41. The number of nitrogens with zero attached hydrogens (tertiary/aromatic N) is 2. The molecule has 2 aliphatic rings. The lowest BCUT2D eigenvalue weighted by Gasteiger charge is -2.53. The number of fused-ring (bicyclic) bond motifs is 1. The SMILES string of the molecule is Cl.Cl.NC1C(=O)N2CC(C[n+]3ccccc3)(C(=O)[O-])CS[C@H]12. The Morgan fingerprint density at radius 1 is 1.41 bits per heavy atom. The lowest BCUT2D eigenvalue weighted by molar-refractivity contribution is -0.707. The molecule has 122 valence electrons. The molecule has 3 rings (SSSR count). The van der Waals surface area contributed by atoms with Gasteiger partial charge in [0.1, 0.15) is 11.4 Å². The number of aromatic nitrogens is 1. The summed E-state index contributed by atoms with van der Waals surface area (Å²) in [6.07, 6.45) is 3.62. The van der Waals surface area contributed by atoms with E-state index in [0.29, 0.717) is 5.75 Å². The molecule has 0 aliphatic carbocycles. The normalized spacial score (nSPS) is 29.5. The number of hydrogen-bond donors (Lipinski definition) is 1. The molecule has 0 saturated carbocycles. The molecule has 2 aliphatic heterocycles. The predicted molar refractivity (Wildman–Crippen MR) is 84.5 cm³/mol. The summed E-state index contributed by atoms with van der Waals surface area (Å²) in [6, 6.07) is 5.05. The summed E-state index contributed by atoms with van der Waals surface area (Å²) in [5.74, 6) is -0.890. The minimum absolute atomic E-state index is 0. The maximum absolute atomic E-state index is 11.7. The number of carboxylic acid groups (broad SMARTS) is 1. The van der Waals surface area contributed by atoms with E-state index in [4.69, 9.17) is 5.73 Å². The van der Waals surface area contributed by atoms with Crippen molar-refractivity contribution in [3.63, 3.8) is 0 Å². The van der Waals surface area contributed by atoms with Gasteiger partial charge in [-0.3, -0.25) is 4.79 Å². The summed E-state index contributed by atoms with van der Waals surface area (Å²) >= 11 is 1.43. The Morgan fingerprint density at radius 3 is 2.64 bits per heavy atom. The van der Waals surface area contributed by atoms with Crippen LogP contribution in [0.2, 0.25) is 0 Å². The third-order valence-corrected chi connectivity index (χ3v) is 5.49.